The average molecular weight is 149 g/mol. The van der Waals surface area contributed by atoms with Crippen LogP contribution in [0.15, 0.2) is 22.9 Å². The van der Waals surface area contributed by atoms with E-state index < -0.39 is 0 Å². The normalized spacial score (nSPS) is 10.3. The Kier molecular flexibility index (Phi) is 1.25. The lowest BCUT2D eigenvalue weighted by molar-refractivity contribution is 0.424. The molecule has 0 aliphatic heterocycles. The second kappa shape index (κ2) is 2.23. The Labute approximate surface area is 63.2 Å². The first-order valence-electron chi connectivity index (χ1n) is 3.30. The molecule has 0 atom stereocenters. The maximum absolute atomic E-state index is 4.92. The number of aromatic nitrogens is 3. The lowest BCUT2D eigenvalue weighted by Gasteiger charge is -1.82. The largest absolute Gasteiger partial charge is 0.357 e. The summed E-state index contributed by atoms with van der Waals surface area (Å²) in [4.78, 5) is 7.01. The summed E-state index contributed by atoms with van der Waals surface area (Å²) in [6.45, 7) is 1.79. The Bertz CT molecular complexity index is 336. The molecule has 0 radical (unpaired) electrons. The molecule has 0 fully saturated rings. The lowest BCUT2D eigenvalue weighted by atomic mass is 10.4. The minimum absolute atomic E-state index is 0.535. The van der Waals surface area contributed by atoms with Crippen LogP contribution in [0.3, 0.4) is 0 Å². The van der Waals surface area contributed by atoms with Gasteiger partial charge in [-0.2, -0.15) is 4.98 Å². The van der Waals surface area contributed by atoms with Crippen molar-refractivity contribution in [3.63, 3.8) is 0 Å². The summed E-state index contributed by atoms with van der Waals surface area (Å²) in [5.41, 5.74) is 0.852. The molecule has 4 nitrogen and oxygen atoms in total. The molecule has 2 heterocycles. The van der Waals surface area contributed by atoms with Crippen molar-refractivity contribution in [1.82, 2.24) is 15.1 Å². The van der Waals surface area contributed by atoms with Gasteiger partial charge in [0.1, 0.15) is 5.69 Å². The number of rotatable bonds is 1. The summed E-state index contributed by atoms with van der Waals surface area (Å²) in [6, 6.07) is 3.77. The van der Waals surface area contributed by atoms with Crippen LogP contribution in [-0.4, -0.2) is 15.1 Å². The van der Waals surface area contributed by atoms with Crippen LogP contribution in [-0.2, 0) is 0 Å². The van der Waals surface area contributed by atoms with Crippen LogP contribution in [0.1, 0.15) is 5.82 Å². The highest BCUT2D eigenvalue weighted by Gasteiger charge is 2.04. The number of aryl methyl sites for hydroxylation is 1. The Morgan fingerprint density at radius 1 is 1.55 bits per heavy atom. The molecule has 2 rings (SSSR count). The lowest BCUT2D eigenvalue weighted by Crippen LogP contribution is -1.75. The number of nitrogens with one attached hydrogen (secondary N) is 1. The van der Waals surface area contributed by atoms with Gasteiger partial charge in [-0.25, -0.2) is 0 Å². The van der Waals surface area contributed by atoms with Gasteiger partial charge in [0.05, 0.1) is 0 Å². The van der Waals surface area contributed by atoms with E-state index in [1.165, 1.54) is 0 Å². The highest BCUT2D eigenvalue weighted by molar-refractivity contribution is 5.45. The van der Waals surface area contributed by atoms with Gasteiger partial charge in [0.25, 0.3) is 5.89 Å². The van der Waals surface area contributed by atoms with Crippen LogP contribution < -0.4 is 0 Å². The monoisotopic (exact) mass is 149 g/mol. The Balaban J connectivity index is 2.45. The third-order valence-corrected chi connectivity index (χ3v) is 1.36. The molecule has 11 heavy (non-hydrogen) atoms. The molecule has 0 saturated carbocycles. The molecule has 0 bridgehead atoms. The van der Waals surface area contributed by atoms with Crippen LogP contribution in [0, 0.1) is 6.92 Å². The minimum atomic E-state index is 0.535. The topological polar surface area (TPSA) is 54.7 Å². The first kappa shape index (κ1) is 6.15. The maximum atomic E-state index is 4.92. The summed E-state index contributed by atoms with van der Waals surface area (Å²) in [6.07, 6.45) is 1.81. The summed E-state index contributed by atoms with van der Waals surface area (Å²) in [5.74, 6) is 1.18. The number of H-pyrrole nitrogens is 1. The molecule has 0 spiro atoms. The summed E-state index contributed by atoms with van der Waals surface area (Å²) < 4.78 is 4.92. The predicted molar refractivity (Wildman–Crippen MR) is 38.8 cm³/mol. The van der Waals surface area contributed by atoms with Crippen molar-refractivity contribution >= 4 is 0 Å². The average Bonchev–Trinajstić information content (AvgIpc) is 2.55. The highest BCUT2D eigenvalue weighted by atomic mass is 16.5. The quantitative estimate of drug-likeness (QED) is 0.666. The first-order valence-corrected chi connectivity index (χ1v) is 3.30. The van der Waals surface area contributed by atoms with Gasteiger partial charge in [-0.3, -0.25) is 0 Å². The van der Waals surface area contributed by atoms with E-state index in [9.17, 15) is 0 Å². The van der Waals surface area contributed by atoms with Crippen molar-refractivity contribution < 1.29 is 4.52 Å². The molecule has 2 aromatic heterocycles. The van der Waals surface area contributed by atoms with Crippen LogP contribution in [0.4, 0.5) is 0 Å². The standard InChI is InChI=1S/C7H7N3O/c1-5-9-7(11-10-5)6-3-2-4-8-6/h2-4,8H,1H3. The van der Waals surface area contributed by atoms with E-state index in [-0.39, 0.29) is 0 Å². The molecule has 0 unspecified atom stereocenters. The van der Waals surface area contributed by atoms with E-state index in [0.717, 1.165) is 5.69 Å². The van der Waals surface area contributed by atoms with Crippen molar-refractivity contribution in [2.24, 2.45) is 0 Å². The first-order chi connectivity index (χ1) is 5.36. The summed E-state index contributed by atoms with van der Waals surface area (Å²) in [7, 11) is 0. The molecule has 0 amide bonds. The molecule has 0 saturated heterocycles. The van der Waals surface area contributed by atoms with E-state index in [1.807, 2.05) is 18.3 Å². The SMILES string of the molecule is Cc1noc(-c2ccc[nH]2)n1. The number of nitrogens with zero attached hydrogens (tertiary/aromatic N) is 2. The molecule has 1 N–H and O–H groups in total. The zero-order valence-electron chi connectivity index (χ0n) is 6.03. The third-order valence-electron chi connectivity index (χ3n) is 1.36. The van der Waals surface area contributed by atoms with E-state index >= 15 is 0 Å². The Hall–Kier alpha value is -1.58. The fourth-order valence-electron chi connectivity index (χ4n) is 0.870. The number of hydrogen-bond acceptors (Lipinski definition) is 3. The second-order valence-corrected chi connectivity index (χ2v) is 2.23. The zero-order chi connectivity index (χ0) is 7.68. The molecule has 0 aromatic carbocycles. The van der Waals surface area contributed by atoms with Crippen molar-refractivity contribution in [2.45, 2.75) is 6.92 Å². The fourth-order valence-corrected chi connectivity index (χ4v) is 0.870. The van der Waals surface area contributed by atoms with Crippen molar-refractivity contribution in [3.8, 4) is 11.6 Å². The molecule has 4 heteroatoms. The molecule has 2 aromatic rings. The van der Waals surface area contributed by atoms with Gasteiger partial charge < -0.3 is 9.51 Å². The molecular weight excluding hydrogens is 142 g/mol. The second-order valence-electron chi connectivity index (χ2n) is 2.23. The number of hydrogen-bond donors (Lipinski definition) is 1. The smallest absolute Gasteiger partial charge is 0.274 e. The number of aromatic amines is 1. The summed E-state index contributed by atoms with van der Waals surface area (Å²) in [5, 5.41) is 3.67. The van der Waals surface area contributed by atoms with Gasteiger partial charge in [0.2, 0.25) is 0 Å². The zero-order valence-corrected chi connectivity index (χ0v) is 6.03. The van der Waals surface area contributed by atoms with Crippen LogP contribution in [0.25, 0.3) is 11.6 Å². The molecule has 0 aliphatic rings. The summed E-state index contributed by atoms with van der Waals surface area (Å²) >= 11 is 0. The van der Waals surface area contributed by atoms with Crippen LogP contribution >= 0.6 is 0 Å². The highest BCUT2D eigenvalue weighted by Crippen LogP contribution is 2.12. The maximum Gasteiger partial charge on any atom is 0.274 e. The van der Waals surface area contributed by atoms with Gasteiger partial charge >= 0.3 is 0 Å². The minimum Gasteiger partial charge on any atom is -0.357 e. The third kappa shape index (κ3) is 1.02. The fraction of sp³-hybridized carbons (Fsp3) is 0.143. The van der Waals surface area contributed by atoms with Gasteiger partial charge in [0.15, 0.2) is 5.82 Å². The molecule has 56 valence electrons. The van der Waals surface area contributed by atoms with E-state index in [0.29, 0.717) is 11.7 Å². The van der Waals surface area contributed by atoms with Crippen molar-refractivity contribution in [2.75, 3.05) is 0 Å². The van der Waals surface area contributed by atoms with Gasteiger partial charge in [-0.15, -0.1) is 0 Å². The Morgan fingerprint density at radius 2 is 2.45 bits per heavy atom. The van der Waals surface area contributed by atoms with Gasteiger partial charge in [0, 0.05) is 6.20 Å². The van der Waals surface area contributed by atoms with E-state index in [1.54, 1.807) is 6.92 Å². The van der Waals surface area contributed by atoms with E-state index in [2.05, 4.69) is 15.1 Å². The van der Waals surface area contributed by atoms with Crippen LogP contribution in [0.5, 0.6) is 0 Å². The van der Waals surface area contributed by atoms with Crippen molar-refractivity contribution in [3.05, 3.63) is 24.2 Å². The van der Waals surface area contributed by atoms with Gasteiger partial charge in [-0.1, -0.05) is 5.16 Å². The van der Waals surface area contributed by atoms with Crippen LogP contribution in [0.2, 0.25) is 0 Å². The van der Waals surface area contributed by atoms with Gasteiger partial charge in [-0.05, 0) is 19.1 Å². The molecule has 0 aliphatic carbocycles. The molecular formula is C7H7N3O. The predicted octanol–water partition coefficient (Wildman–Crippen LogP) is 1.37. The van der Waals surface area contributed by atoms with E-state index in [4.69, 9.17) is 4.52 Å². The Morgan fingerprint density at radius 3 is 3.00 bits per heavy atom. The van der Waals surface area contributed by atoms with Crippen molar-refractivity contribution in [1.29, 1.82) is 0 Å².